The summed E-state index contributed by atoms with van der Waals surface area (Å²) in [7, 11) is 0. The van der Waals surface area contributed by atoms with Gasteiger partial charge in [-0.15, -0.1) is 0 Å². The highest BCUT2D eigenvalue weighted by Gasteiger charge is 2.19. The molecule has 2 rings (SSSR count). The maximum Gasteiger partial charge on any atom is 0.261 e. The molecular formula is C18H28N2O3. The van der Waals surface area contributed by atoms with Crippen LogP contribution in [0.5, 0.6) is 5.75 Å². The minimum absolute atomic E-state index is 0.0401. The molecule has 128 valence electrons. The third-order valence-corrected chi connectivity index (χ3v) is 4.32. The number of rotatable bonds is 7. The number of carbonyl (C=O) groups is 1. The summed E-state index contributed by atoms with van der Waals surface area (Å²) >= 11 is 0. The number of carbonyl (C=O) groups excluding carboxylic acids is 1. The first-order valence-electron chi connectivity index (χ1n) is 8.42. The van der Waals surface area contributed by atoms with E-state index in [1.165, 1.54) is 5.56 Å². The summed E-state index contributed by atoms with van der Waals surface area (Å²) in [6.45, 7) is 11.0. The summed E-state index contributed by atoms with van der Waals surface area (Å²) in [6.07, 6.45) is 0.205. The average molecular weight is 320 g/mol. The van der Waals surface area contributed by atoms with Crippen LogP contribution in [0.2, 0.25) is 0 Å². The lowest BCUT2D eigenvalue weighted by atomic mass is 10.1. The SMILES string of the molecule is CC[C@H](Oc1cccc(C)c1C)C(=O)NCCN1CCOCC1. The van der Waals surface area contributed by atoms with Gasteiger partial charge in [-0.2, -0.15) is 0 Å². The predicted molar refractivity (Wildman–Crippen MR) is 90.9 cm³/mol. The summed E-state index contributed by atoms with van der Waals surface area (Å²) in [4.78, 5) is 14.6. The maximum atomic E-state index is 12.3. The Kier molecular flexibility index (Phi) is 6.86. The zero-order chi connectivity index (χ0) is 16.7. The van der Waals surface area contributed by atoms with Crippen molar-refractivity contribution in [2.45, 2.75) is 33.3 Å². The van der Waals surface area contributed by atoms with E-state index in [1.807, 2.05) is 39.0 Å². The molecule has 0 radical (unpaired) electrons. The Bertz CT molecular complexity index is 513. The van der Waals surface area contributed by atoms with Gasteiger partial charge in [0.25, 0.3) is 5.91 Å². The van der Waals surface area contributed by atoms with E-state index in [0.717, 1.165) is 44.2 Å². The molecule has 1 amide bonds. The van der Waals surface area contributed by atoms with Crippen LogP contribution in [0.4, 0.5) is 0 Å². The molecule has 0 bridgehead atoms. The molecule has 0 aliphatic carbocycles. The molecule has 5 nitrogen and oxygen atoms in total. The molecule has 1 fully saturated rings. The molecule has 0 saturated carbocycles. The smallest absolute Gasteiger partial charge is 0.261 e. The van der Waals surface area contributed by atoms with Crippen molar-refractivity contribution in [1.29, 1.82) is 0 Å². The van der Waals surface area contributed by atoms with E-state index in [4.69, 9.17) is 9.47 Å². The van der Waals surface area contributed by atoms with Gasteiger partial charge in [0.1, 0.15) is 5.75 Å². The first-order valence-corrected chi connectivity index (χ1v) is 8.42. The van der Waals surface area contributed by atoms with Gasteiger partial charge in [0.2, 0.25) is 0 Å². The van der Waals surface area contributed by atoms with Crippen LogP contribution in [0.3, 0.4) is 0 Å². The molecular weight excluding hydrogens is 292 g/mol. The quantitative estimate of drug-likeness (QED) is 0.834. The molecule has 0 aromatic heterocycles. The van der Waals surface area contributed by atoms with Crippen LogP contribution >= 0.6 is 0 Å². The molecule has 1 aliphatic rings. The molecule has 5 heteroatoms. The number of aryl methyl sites for hydroxylation is 1. The van der Waals surface area contributed by atoms with E-state index in [2.05, 4.69) is 10.2 Å². The van der Waals surface area contributed by atoms with E-state index in [1.54, 1.807) is 0 Å². The van der Waals surface area contributed by atoms with Gasteiger partial charge < -0.3 is 14.8 Å². The minimum atomic E-state index is -0.444. The lowest BCUT2D eigenvalue weighted by Gasteiger charge is -2.27. The number of benzene rings is 1. The van der Waals surface area contributed by atoms with Crippen LogP contribution in [0.1, 0.15) is 24.5 Å². The van der Waals surface area contributed by atoms with Gasteiger partial charge in [-0.1, -0.05) is 19.1 Å². The van der Waals surface area contributed by atoms with Crippen molar-refractivity contribution in [2.75, 3.05) is 39.4 Å². The normalized spacial score (nSPS) is 16.8. The monoisotopic (exact) mass is 320 g/mol. The highest BCUT2D eigenvalue weighted by atomic mass is 16.5. The lowest BCUT2D eigenvalue weighted by Crippen LogP contribution is -2.44. The summed E-state index contributed by atoms with van der Waals surface area (Å²) < 4.78 is 11.3. The molecule has 1 heterocycles. The van der Waals surface area contributed by atoms with E-state index < -0.39 is 6.10 Å². The third kappa shape index (κ3) is 5.22. The Morgan fingerprint density at radius 2 is 2.09 bits per heavy atom. The number of nitrogens with one attached hydrogen (secondary N) is 1. The molecule has 1 aliphatic heterocycles. The van der Waals surface area contributed by atoms with Gasteiger partial charge in [-0.3, -0.25) is 9.69 Å². The predicted octanol–water partition coefficient (Wildman–Crippen LogP) is 1.91. The van der Waals surface area contributed by atoms with E-state index in [-0.39, 0.29) is 5.91 Å². The highest BCUT2D eigenvalue weighted by Crippen LogP contribution is 2.22. The number of amides is 1. The summed E-state index contributed by atoms with van der Waals surface area (Å²) in [6, 6.07) is 5.93. The topological polar surface area (TPSA) is 50.8 Å². The van der Waals surface area contributed by atoms with Gasteiger partial charge in [0, 0.05) is 26.2 Å². The number of nitrogens with zero attached hydrogens (tertiary/aromatic N) is 1. The summed E-state index contributed by atoms with van der Waals surface area (Å²) in [5.41, 5.74) is 2.26. The molecule has 1 aromatic rings. The van der Waals surface area contributed by atoms with Gasteiger partial charge >= 0.3 is 0 Å². The Hall–Kier alpha value is -1.59. The number of morpholine rings is 1. The van der Waals surface area contributed by atoms with Crippen LogP contribution in [0, 0.1) is 13.8 Å². The Morgan fingerprint density at radius 3 is 2.78 bits per heavy atom. The van der Waals surface area contributed by atoms with E-state index >= 15 is 0 Å². The molecule has 0 unspecified atom stereocenters. The van der Waals surface area contributed by atoms with Crippen molar-refractivity contribution in [1.82, 2.24) is 10.2 Å². The number of hydrogen-bond donors (Lipinski definition) is 1. The Morgan fingerprint density at radius 1 is 1.35 bits per heavy atom. The van der Waals surface area contributed by atoms with Gasteiger partial charge in [-0.25, -0.2) is 0 Å². The molecule has 1 aromatic carbocycles. The second kappa shape index (κ2) is 8.89. The van der Waals surface area contributed by atoms with Gasteiger partial charge in [0.15, 0.2) is 6.10 Å². The van der Waals surface area contributed by atoms with Crippen molar-refractivity contribution >= 4 is 5.91 Å². The maximum absolute atomic E-state index is 12.3. The van der Waals surface area contributed by atoms with Crippen LogP contribution in [0.15, 0.2) is 18.2 Å². The fourth-order valence-corrected chi connectivity index (χ4v) is 2.60. The minimum Gasteiger partial charge on any atom is -0.480 e. The van der Waals surface area contributed by atoms with Crippen molar-refractivity contribution in [2.24, 2.45) is 0 Å². The van der Waals surface area contributed by atoms with Crippen molar-refractivity contribution in [3.63, 3.8) is 0 Å². The zero-order valence-corrected chi connectivity index (χ0v) is 14.4. The van der Waals surface area contributed by atoms with Crippen LogP contribution < -0.4 is 10.1 Å². The highest BCUT2D eigenvalue weighted by molar-refractivity contribution is 5.81. The lowest BCUT2D eigenvalue weighted by molar-refractivity contribution is -0.128. The standard InChI is InChI=1S/C18H28N2O3/c1-4-16(23-17-7-5-6-14(2)15(17)3)18(21)19-8-9-20-10-12-22-13-11-20/h5-7,16H,4,8-13H2,1-3H3,(H,19,21)/t16-/m0/s1. The number of hydrogen-bond acceptors (Lipinski definition) is 4. The van der Waals surface area contributed by atoms with E-state index in [9.17, 15) is 4.79 Å². The first-order chi connectivity index (χ1) is 11.1. The third-order valence-electron chi connectivity index (χ3n) is 4.32. The largest absolute Gasteiger partial charge is 0.480 e. The van der Waals surface area contributed by atoms with E-state index in [0.29, 0.717) is 13.0 Å². The summed E-state index contributed by atoms with van der Waals surface area (Å²) in [5, 5.41) is 2.99. The fraction of sp³-hybridized carbons (Fsp3) is 0.611. The van der Waals surface area contributed by atoms with Gasteiger partial charge in [0.05, 0.1) is 13.2 Å². The van der Waals surface area contributed by atoms with Crippen LogP contribution in [-0.2, 0) is 9.53 Å². The second-order valence-corrected chi connectivity index (χ2v) is 5.96. The van der Waals surface area contributed by atoms with Crippen molar-refractivity contribution in [3.8, 4) is 5.75 Å². The molecule has 23 heavy (non-hydrogen) atoms. The summed E-state index contributed by atoms with van der Waals surface area (Å²) in [5.74, 6) is 0.752. The van der Waals surface area contributed by atoms with Crippen molar-refractivity contribution in [3.05, 3.63) is 29.3 Å². The Balaban J connectivity index is 1.82. The van der Waals surface area contributed by atoms with Crippen molar-refractivity contribution < 1.29 is 14.3 Å². The fourth-order valence-electron chi connectivity index (χ4n) is 2.60. The average Bonchev–Trinajstić information content (AvgIpc) is 2.57. The zero-order valence-electron chi connectivity index (χ0n) is 14.4. The molecule has 1 N–H and O–H groups in total. The first kappa shape index (κ1) is 17.8. The molecule has 1 saturated heterocycles. The van der Waals surface area contributed by atoms with Gasteiger partial charge in [-0.05, 0) is 37.5 Å². The number of ether oxygens (including phenoxy) is 2. The molecule has 1 atom stereocenters. The van der Waals surface area contributed by atoms with Crippen LogP contribution in [-0.4, -0.2) is 56.3 Å². The Labute approximate surface area is 139 Å². The van der Waals surface area contributed by atoms with Crippen LogP contribution in [0.25, 0.3) is 0 Å². The second-order valence-electron chi connectivity index (χ2n) is 5.96. The molecule has 0 spiro atoms.